The molecule has 2 heterocycles. The molecule has 1 aliphatic rings. The average molecular weight is 479 g/mol. The Bertz CT molecular complexity index is 1260. The van der Waals surface area contributed by atoms with Gasteiger partial charge in [-0.1, -0.05) is 38.1 Å². The van der Waals surface area contributed by atoms with Gasteiger partial charge in [0.25, 0.3) is 5.91 Å². The summed E-state index contributed by atoms with van der Waals surface area (Å²) in [5.41, 5.74) is 0.988. The first-order valence-electron chi connectivity index (χ1n) is 11.8. The van der Waals surface area contributed by atoms with Crippen LogP contribution < -0.4 is 4.74 Å². The Balaban J connectivity index is 1.71. The maximum atomic E-state index is 13.7. The highest BCUT2D eigenvalue weighted by atomic mass is 16.5. The predicted molar refractivity (Wildman–Crippen MR) is 132 cm³/mol. The van der Waals surface area contributed by atoms with Crippen LogP contribution in [-0.2, 0) is 4.79 Å². The highest BCUT2D eigenvalue weighted by Gasteiger charge is 2.44. The molecule has 1 amide bonds. The highest BCUT2D eigenvalue weighted by molar-refractivity contribution is 6.16. The van der Waals surface area contributed by atoms with E-state index >= 15 is 0 Å². The normalized spacial score (nSPS) is 16.1. The molecule has 8 nitrogen and oxygen atoms in total. The van der Waals surface area contributed by atoms with E-state index in [2.05, 4.69) is 18.7 Å². The SMILES string of the molecule is CCN(CC)CCCN1C(=O)C(O)=C(C(=O)c2cc3cccc(OC)c3o2)C1c1ccc(O)cc1. The van der Waals surface area contributed by atoms with Crippen molar-refractivity contribution in [3.05, 3.63) is 71.2 Å². The minimum atomic E-state index is -0.803. The molecule has 0 radical (unpaired) electrons. The summed E-state index contributed by atoms with van der Waals surface area (Å²) in [6.45, 7) is 7.10. The van der Waals surface area contributed by atoms with Gasteiger partial charge in [0.15, 0.2) is 22.9 Å². The summed E-state index contributed by atoms with van der Waals surface area (Å²) in [4.78, 5) is 30.6. The van der Waals surface area contributed by atoms with Crippen LogP contribution >= 0.6 is 0 Å². The van der Waals surface area contributed by atoms with Crippen LogP contribution in [0.1, 0.15) is 42.4 Å². The minimum Gasteiger partial charge on any atom is -0.508 e. The van der Waals surface area contributed by atoms with Gasteiger partial charge in [-0.15, -0.1) is 0 Å². The lowest BCUT2D eigenvalue weighted by Gasteiger charge is -2.28. The van der Waals surface area contributed by atoms with E-state index < -0.39 is 23.5 Å². The number of Topliss-reactive ketones (excluding diaryl/α,β-unsaturated/α-hetero) is 1. The fourth-order valence-electron chi connectivity index (χ4n) is 4.57. The molecule has 3 aromatic rings. The third-order valence-corrected chi connectivity index (χ3v) is 6.48. The van der Waals surface area contributed by atoms with E-state index in [1.54, 1.807) is 36.4 Å². The largest absolute Gasteiger partial charge is 0.508 e. The topological polar surface area (TPSA) is 103 Å². The maximum absolute atomic E-state index is 13.7. The molecule has 2 N–H and O–H groups in total. The standard InChI is InChI=1S/C27H30N2O6/c1-4-28(5-2)14-7-15-29-23(17-10-12-19(30)13-11-17)22(25(32)27(29)33)24(31)21-16-18-8-6-9-20(34-3)26(18)35-21/h6,8-13,16,23,30,32H,4-5,7,14-15H2,1-3H3. The molecule has 0 bridgehead atoms. The van der Waals surface area contributed by atoms with Gasteiger partial charge in [0.05, 0.1) is 18.7 Å². The number of ketones is 1. The molecule has 0 aliphatic carbocycles. The summed E-state index contributed by atoms with van der Waals surface area (Å²) in [5.74, 6) is -1.19. The van der Waals surface area contributed by atoms with Crippen molar-refractivity contribution in [3.8, 4) is 11.5 Å². The van der Waals surface area contributed by atoms with Gasteiger partial charge in [-0.25, -0.2) is 0 Å². The van der Waals surface area contributed by atoms with Crippen molar-refractivity contribution in [2.75, 3.05) is 33.3 Å². The van der Waals surface area contributed by atoms with Crippen molar-refractivity contribution in [1.82, 2.24) is 9.80 Å². The van der Waals surface area contributed by atoms with Gasteiger partial charge < -0.3 is 29.2 Å². The molecule has 35 heavy (non-hydrogen) atoms. The highest BCUT2D eigenvalue weighted by Crippen LogP contribution is 2.40. The van der Waals surface area contributed by atoms with Crippen LogP contribution in [0.3, 0.4) is 0 Å². The number of carbonyl (C=O) groups is 2. The second-order valence-corrected chi connectivity index (χ2v) is 8.45. The van der Waals surface area contributed by atoms with Crippen LogP contribution in [0, 0.1) is 0 Å². The summed E-state index contributed by atoms with van der Waals surface area (Å²) in [6, 6.07) is 12.4. The number of hydrogen-bond acceptors (Lipinski definition) is 7. The molecule has 0 saturated carbocycles. The molecule has 0 saturated heterocycles. The molecule has 8 heteroatoms. The number of aliphatic hydroxyl groups excluding tert-OH is 1. The van der Waals surface area contributed by atoms with Crippen molar-refractivity contribution in [2.24, 2.45) is 0 Å². The van der Waals surface area contributed by atoms with Crippen LogP contribution in [0.5, 0.6) is 11.5 Å². The predicted octanol–water partition coefficient (Wildman–Crippen LogP) is 4.46. The zero-order valence-electron chi connectivity index (χ0n) is 20.2. The second-order valence-electron chi connectivity index (χ2n) is 8.45. The molecule has 1 atom stereocenters. The Kier molecular flexibility index (Phi) is 7.12. The van der Waals surface area contributed by atoms with Gasteiger partial charge in [-0.2, -0.15) is 0 Å². The van der Waals surface area contributed by atoms with Crippen LogP contribution in [0.15, 0.2) is 64.3 Å². The fraction of sp³-hybridized carbons (Fsp3) is 0.333. The molecular weight excluding hydrogens is 448 g/mol. The van der Waals surface area contributed by atoms with Gasteiger partial charge in [0.2, 0.25) is 5.78 Å². The van der Waals surface area contributed by atoms with Crippen LogP contribution in [0.4, 0.5) is 0 Å². The van der Waals surface area contributed by atoms with E-state index in [-0.39, 0.29) is 17.1 Å². The van der Waals surface area contributed by atoms with E-state index in [1.807, 2.05) is 0 Å². The van der Waals surface area contributed by atoms with E-state index in [1.165, 1.54) is 24.1 Å². The first-order valence-corrected chi connectivity index (χ1v) is 11.8. The number of phenols is 1. The number of rotatable bonds is 10. The third kappa shape index (κ3) is 4.61. The van der Waals surface area contributed by atoms with Gasteiger partial charge in [-0.3, -0.25) is 9.59 Å². The number of hydrogen-bond donors (Lipinski definition) is 2. The molecule has 1 unspecified atom stereocenters. The Morgan fingerprint density at radius 3 is 2.49 bits per heavy atom. The molecule has 0 fully saturated rings. The zero-order valence-corrected chi connectivity index (χ0v) is 20.2. The molecule has 4 rings (SSSR count). The van der Waals surface area contributed by atoms with Gasteiger partial charge in [0, 0.05) is 11.9 Å². The Labute approximate surface area is 204 Å². The number of nitrogens with zero attached hydrogens (tertiary/aromatic N) is 2. The zero-order chi connectivity index (χ0) is 25.1. The number of ether oxygens (including phenoxy) is 1. The number of carbonyl (C=O) groups excluding carboxylic acids is 2. The van der Waals surface area contributed by atoms with E-state index in [4.69, 9.17) is 9.15 Å². The number of methoxy groups -OCH3 is 1. The number of aromatic hydroxyl groups is 1. The van der Waals surface area contributed by atoms with Crippen LogP contribution in [0.25, 0.3) is 11.0 Å². The number of para-hydroxylation sites is 1. The summed E-state index contributed by atoms with van der Waals surface area (Å²) in [7, 11) is 1.51. The fourth-order valence-corrected chi connectivity index (χ4v) is 4.57. The lowest BCUT2D eigenvalue weighted by atomic mass is 9.95. The van der Waals surface area contributed by atoms with Crippen molar-refractivity contribution in [1.29, 1.82) is 0 Å². The molecule has 1 aliphatic heterocycles. The first-order chi connectivity index (χ1) is 16.9. The lowest BCUT2D eigenvalue weighted by Crippen LogP contribution is -2.34. The lowest BCUT2D eigenvalue weighted by molar-refractivity contribution is -0.129. The Morgan fingerprint density at radius 2 is 1.83 bits per heavy atom. The summed E-state index contributed by atoms with van der Waals surface area (Å²) in [6.07, 6.45) is 0.679. The molecular formula is C27H30N2O6. The average Bonchev–Trinajstić information content (AvgIpc) is 3.41. The second kappa shape index (κ2) is 10.2. The van der Waals surface area contributed by atoms with E-state index in [0.29, 0.717) is 35.2 Å². The van der Waals surface area contributed by atoms with Crippen LogP contribution in [0.2, 0.25) is 0 Å². The number of aliphatic hydroxyl groups is 1. The number of benzene rings is 2. The number of phenolic OH excluding ortho intramolecular Hbond substituents is 1. The van der Waals surface area contributed by atoms with E-state index in [9.17, 15) is 19.8 Å². The van der Waals surface area contributed by atoms with Crippen molar-refractivity contribution in [3.63, 3.8) is 0 Å². The van der Waals surface area contributed by atoms with Gasteiger partial charge in [-0.05, 0) is 55.9 Å². The van der Waals surface area contributed by atoms with Gasteiger partial charge >= 0.3 is 0 Å². The Hall–Kier alpha value is -3.78. The van der Waals surface area contributed by atoms with Gasteiger partial charge in [0.1, 0.15) is 5.75 Å². The minimum absolute atomic E-state index is 0.00706. The summed E-state index contributed by atoms with van der Waals surface area (Å²) in [5, 5.41) is 21.3. The molecule has 2 aromatic carbocycles. The van der Waals surface area contributed by atoms with Crippen molar-refractivity contribution >= 4 is 22.7 Å². The number of fused-ring (bicyclic) bond motifs is 1. The number of furan rings is 1. The monoisotopic (exact) mass is 478 g/mol. The quantitative estimate of drug-likeness (QED) is 0.415. The van der Waals surface area contributed by atoms with Crippen molar-refractivity contribution in [2.45, 2.75) is 26.3 Å². The summed E-state index contributed by atoms with van der Waals surface area (Å²) < 4.78 is 11.2. The number of amides is 1. The maximum Gasteiger partial charge on any atom is 0.290 e. The summed E-state index contributed by atoms with van der Waals surface area (Å²) >= 11 is 0. The Morgan fingerprint density at radius 1 is 1.11 bits per heavy atom. The first kappa shape index (κ1) is 24.3. The molecule has 184 valence electrons. The molecule has 1 aromatic heterocycles. The van der Waals surface area contributed by atoms with Crippen LogP contribution in [-0.4, -0.2) is 65.0 Å². The molecule has 0 spiro atoms. The smallest absolute Gasteiger partial charge is 0.290 e. The third-order valence-electron chi connectivity index (χ3n) is 6.48. The van der Waals surface area contributed by atoms with E-state index in [0.717, 1.165) is 19.6 Å². The van der Waals surface area contributed by atoms with Crippen molar-refractivity contribution < 1.29 is 29.0 Å².